The van der Waals surface area contributed by atoms with Gasteiger partial charge in [0.15, 0.2) is 0 Å². The number of halogens is 1. The average molecular weight is 534 g/mol. The second-order valence-electron chi connectivity index (χ2n) is 9.43. The minimum Gasteiger partial charge on any atom is -0.497 e. The van der Waals surface area contributed by atoms with Crippen molar-refractivity contribution in [3.05, 3.63) is 59.9 Å². The number of benzene rings is 2. The Morgan fingerprint density at radius 3 is 2.35 bits per heavy atom. The first kappa shape index (κ1) is 28.4. The monoisotopic (exact) mass is 533 g/mol. The normalized spacial score (nSPS) is 14.7. The van der Waals surface area contributed by atoms with Gasteiger partial charge >= 0.3 is 0 Å². The van der Waals surface area contributed by atoms with E-state index in [-0.39, 0.29) is 49.5 Å². The first-order chi connectivity index (χ1) is 17.6. The summed E-state index contributed by atoms with van der Waals surface area (Å²) in [6.45, 7) is 1.85. The van der Waals surface area contributed by atoms with Crippen molar-refractivity contribution in [3.63, 3.8) is 0 Å². The fraction of sp³-hybridized carbons (Fsp3) is 0.481. The molecule has 2 aromatic carbocycles. The second kappa shape index (κ2) is 12.9. The van der Waals surface area contributed by atoms with Gasteiger partial charge in [-0.1, -0.05) is 37.1 Å². The maximum absolute atomic E-state index is 14.3. The molecule has 1 fully saturated rings. The molecule has 2 aromatic rings. The molecule has 1 atom stereocenters. The molecule has 10 heteroatoms. The number of hydrogen-bond acceptors (Lipinski definition) is 5. The molecule has 0 aromatic heterocycles. The second-order valence-corrected chi connectivity index (χ2v) is 11.3. The molecule has 0 saturated heterocycles. The molecule has 1 aliphatic rings. The molecule has 1 N–H and O–H groups in total. The summed E-state index contributed by atoms with van der Waals surface area (Å²) in [6.07, 6.45) is 5.19. The summed E-state index contributed by atoms with van der Waals surface area (Å²) < 4.78 is 45.2. The zero-order valence-electron chi connectivity index (χ0n) is 21.7. The maximum Gasteiger partial charge on any atom is 0.242 e. The summed E-state index contributed by atoms with van der Waals surface area (Å²) in [5.74, 6) is -0.468. The quantitative estimate of drug-likeness (QED) is 0.447. The van der Waals surface area contributed by atoms with Gasteiger partial charge in [-0.15, -0.1) is 0 Å². The first-order valence-corrected chi connectivity index (χ1v) is 14.4. The summed E-state index contributed by atoms with van der Waals surface area (Å²) in [7, 11) is -2.19. The van der Waals surface area contributed by atoms with E-state index >= 15 is 0 Å². The number of para-hydroxylation sites is 1. The van der Waals surface area contributed by atoms with Crippen molar-refractivity contribution in [1.29, 1.82) is 0 Å². The molecule has 2 amide bonds. The van der Waals surface area contributed by atoms with Crippen molar-refractivity contribution in [1.82, 2.24) is 10.2 Å². The Bertz CT molecular complexity index is 1170. The summed E-state index contributed by atoms with van der Waals surface area (Å²) in [6, 6.07) is 12.3. The Labute approximate surface area is 218 Å². The molecule has 0 aliphatic heterocycles. The van der Waals surface area contributed by atoms with Gasteiger partial charge in [-0.25, -0.2) is 12.8 Å². The standard InChI is InChI=1S/C27H36FN3O5S/c1-20(27(33)29-22-9-4-5-10-22)30(19-21-14-16-23(36-2)17-15-21)26(32)13-8-18-31(37(3,34)35)25-12-7-6-11-24(25)28/h6-7,11-12,14-17,20,22H,4-5,8-10,13,18-19H2,1-3H3,(H,29,33)/t20-/m0/s1. The van der Waals surface area contributed by atoms with Crippen LogP contribution in [0.5, 0.6) is 5.75 Å². The third kappa shape index (κ3) is 7.92. The summed E-state index contributed by atoms with van der Waals surface area (Å²) >= 11 is 0. The number of methoxy groups -OCH3 is 1. The Hall–Kier alpha value is -3.14. The summed E-state index contributed by atoms with van der Waals surface area (Å²) in [5.41, 5.74) is 0.774. The molecule has 0 bridgehead atoms. The van der Waals surface area contributed by atoms with Crippen LogP contribution in [-0.4, -0.2) is 57.1 Å². The fourth-order valence-electron chi connectivity index (χ4n) is 4.54. The fourth-order valence-corrected chi connectivity index (χ4v) is 5.50. The Balaban J connectivity index is 1.72. The first-order valence-electron chi connectivity index (χ1n) is 12.5. The number of carbonyl (C=O) groups is 2. The third-order valence-corrected chi connectivity index (χ3v) is 7.83. The van der Waals surface area contributed by atoms with E-state index in [1.807, 2.05) is 12.1 Å². The number of rotatable bonds is 12. The van der Waals surface area contributed by atoms with Crippen LogP contribution in [0.2, 0.25) is 0 Å². The van der Waals surface area contributed by atoms with Crippen molar-refractivity contribution < 1.29 is 27.1 Å². The molecule has 0 heterocycles. The van der Waals surface area contributed by atoms with Gasteiger partial charge in [0, 0.05) is 25.6 Å². The van der Waals surface area contributed by atoms with Crippen LogP contribution in [0.4, 0.5) is 10.1 Å². The molecule has 1 aliphatic carbocycles. The number of sulfonamides is 1. The van der Waals surface area contributed by atoms with Crippen molar-refractivity contribution in [2.75, 3.05) is 24.2 Å². The maximum atomic E-state index is 14.3. The van der Waals surface area contributed by atoms with Crippen molar-refractivity contribution in [2.45, 2.75) is 64.1 Å². The highest BCUT2D eigenvalue weighted by molar-refractivity contribution is 7.92. The third-order valence-electron chi connectivity index (χ3n) is 6.65. The highest BCUT2D eigenvalue weighted by atomic mass is 32.2. The van der Waals surface area contributed by atoms with Crippen molar-refractivity contribution >= 4 is 27.5 Å². The Morgan fingerprint density at radius 2 is 1.76 bits per heavy atom. The molecule has 0 spiro atoms. The predicted octanol–water partition coefficient (Wildman–Crippen LogP) is 3.86. The number of anilines is 1. The van der Waals surface area contributed by atoms with Crippen LogP contribution < -0.4 is 14.4 Å². The van der Waals surface area contributed by atoms with E-state index in [0.717, 1.165) is 41.8 Å². The molecule has 0 unspecified atom stereocenters. The van der Waals surface area contributed by atoms with Crippen molar-refractivity contribution in [2.24, 2.45) is 0 Å². The van der Waals surface area contributed by atoms with Crippen LogP contribution in [0.15, 0.2) is 48.5 Å². The van der Waals surface area contributed by atoms with E-state index < -0.39 is 21.9 Å². The number of carbonyl (C=O) groups excluding carboxylic acids is 2. The van der Waals surface area contributed by atoms with Crippen molar-refractivity contribution in [3.8, 4) is 5.75 Å². The highest BCUT2D eigenvalue weighted by Crippen LogP contribution is 2.23. The van der Waals surface area contributed by atoms with Gasteiger partial charge in [0.05, 0.1) is 19.1 Å². The van der Waals surface area contributed by atoms with Crippen LogP contribution in [0.3, 0.4) is 0 Å². The Kier molecular flexibility index (Phi) is 9.91. The minimum atomic E-state index is -3.76. The van der Waals surface area contributed by atoms with Gasteiger partial charge in [-0.3, -0.25) is 13.9 Å². The van der Waals surface area contributed by atoms with Crippen LogP contribution in [-0.2, 0) is 26.2 Å². The van der Waals surface area contributed by atoms with Gasteiger partial charge in [-0.05, 0) is 56.0 Å². The minimum absolute atomic E-state index is 0.00231. The van der Waals surface area contributed by atoms with Crippen LogP contribution >= 0.6 is 0 Å². The molecule has 202 valence electrons. The number of amides is 2. The molecule has 0 radical (unpaired) electrons. The summed E-state index contributed by atoms with van der Waals surface area (Å²) in [4.78, 5) is 27.9. The smallest absolute Gasteiger partial charge is 0.242 e. The van der Waals surface area contributed by atoms with E-state index in [9.17, 15) is 22.4 Å². The highest BCUT2D eigenvalue weighted by Gasteiger charge is 2.29. The SMILES string of the molecule is COc1ccc(CN(C(=O)CCCN(c2ccccc2F)S(C)(=O)=O)[C@@H](C)C(=O)NC2CCCC2)cc1. The predicted molar refractivity (Wildman–Crippen MR) is 141 cm³/mol. The topological polar surface area (TPSA) is 96.0 Å². The van der Waals surface area contributed by atoms with Gasteiger partial charge in [0.2, 0.25) is 21.8 Å². The van der Waals surface area contributed by atoms with Gasteiger partial charge in [0.25, 0.3) is 0 Å². The number of ether oxygens (including phenoxy) is 1. The number of nitrogens with one attached hydrogen (secondary N) is 1. The van der Waals surface area contributed by atoms with Crippen LogP contribution in [0.25, 0.3) is 0 Å². The lowest BCUT2D eigenvalue weighted by atomic mass is 10.1. The van der Waals surface area contributed by atoms with Crippen LogP contribution in [0.1, 0.15) is 51.0 Å². The molecule has 3 rings (SSSR count). The van der Waals surface area contributed by atoms with Gasteiger partial charge in [0.1, 0.15) is 17.6 Å². The molecular weight excluding hydrogens is 497 g/mol. The van der Waals surface area contributed by atoms with E-state index in [4.69, 9.17) is 4.74 Å². The molecular formula is C27H36FN3O5S. The van der Waals surface area contributed by atoms with E-state index in [1.54, 1.807) is 32.2 Å². The lowest BCUT2D eigenvalue weighted by molar-refractivity contribution is -0.141. The number of hydrogen-bond donors (Lipinski definition) is 1. The van der Waals surface area contributed by atoms with Gasteiger partial charge < -0.3 is 15.0 Å². The van der Waals surface area contributed by atoms with E-state index in [2.05, 4.69) is 5.32 Å². The zero-order valence-corrected chi connectivity index (χ0v) is 22.5. The Morgan fingerprint density at radius 1 is 1.11 bits per heavy atom. The van der Waals surface area contributed by atoms with E-state index in [1.165, 1.54) is 23.1 Å². The molecule has 1 saturated carbocycles. The molecule has 37 heavy (non-hydrogen) atoms. The summed E-state index contributed by atoms with van der Waals surface area (Å²) in [5, 5.41) is 3.06. The lowest BCUT2D eigenvalue weighted by Gasteiger charge is -2.30. The lowest BCUT2D eigenvalue weighted by Crippen LogP contribution is -2.49. The average Bonchev–Trinajstić information content (AvgIpc) is 3.38. The molecule has 8 nitrogen and oxygen atoms in total. The van der Waals surface area contributed by atoms with Gasteiger partial charge in [-0.2, -0.15) is 0 Å². The van der Waals surface area contributed by atoms with E-state index in [0.29, 0.717) is 5.75 Å². The largest absolute Gasteiger partial charge is 0.497 e. The number of nitrogens with zero attached hydrogens (tertiary/aromatic N) is 2. The van der Waals surface area contributed by atoms with Crippen LogP contribution in [0, 0.1) is 5.82 Å². The zero-order chi connectivity index (χ0) is 27.0.